The number of nitrogens with zero attached hydrogens (tertiary/aromatic N) is 4. The molecule has 3 aromatic rings. The highest BCUT2D eigenvalue weighted by Gasteiger charge is 2.21. The van der Waals surface area contributed by atoms with Crippen molar-refractivity contribution in [2.75, 3.05) is 18.8 Å². The van der Waals surface area contributed by atoms with Crippen LogP contribution in [0.1, 0.15) is 19.4 Å². The zero-order valence-corrected chi connectivity index (χ0v) is 20.3. The van der Waals surface area contributed by atoms with Gasteiger partial charge < -0.3 is 9.88 Å². The Bertz CT molecular complexity index is 1190. The Hall–Kier alpha value is -2.76. The number of carbonyl (C=O) groups excluding carboxylic acids is 1. The summed E-state index contributed by atoms with van der Waals surface area (Å²) in [4.78, 5) is 12.5. The van der Waals surface area contributed by atoms with Gasteiger partial charge in [-0.25, -0.2) is 12.8 Å². The van der Waals surface area contributed by atoms with Gasteiger partial charge >= 0.3 is 0 Å². The van der Waals surface area contributed by atoms with Crippen molar-refractivity contribution in [3.05, 3.63) is 59.9 Å². The monoisotopic (exact) mass is 491 g/mol. The molecule has 8 nitrogen and oxygen atoms in total. The number of hydrogen-bond donors (Lipinski definition) is 1. The number of thioether (sulfide) groups is 1. The second-order valence-electron chi connectivity index (χ2n) is 7.17. The van der Waals surface area contributed by atoms with E-state index in [4.69, 9.17) is 0 Å². The van der Waals surface area contributed by atoms with Crippen LogP contribution in [0.5, 0.6) is 0 Å². The summed E-state index contributed by atoms with van der Waals surface area (Å²) in [6.45, 7) is 4.70. The molecule has 0 saturated carbocycles. The second-order valence-corrected chi connectivity index (χ2v) is 10.1. The van der Waals surface area contributed by atoms with Crippen LogP contribution < -0.4 is 5.32 Å². The summed E-state index contributed by atoms with van der Waals surface area (Å²) in [5.74, 6) is 0.209. The van der Waals surface area contributed by atoms with Crippen LogP contribution in [-0.2, 0) is 28.4 Å². The molecular formula is C22H26FN5O3S2. The number of benzene rings is 2. The van der Waals surface area contributed by atoms with Gasteiger partial charge in [0, 0.05) is 32.2 Å². The lowest BCUT2D eigenvalue weighted by atomic mass is 10.2. The zero-order valence-electron chi connectivity index (χ0n) is 18.7. The molecule has 0 radical (unpaired) electrons. The molecule has 1 aromatic heterocycles. The van der Waals surface area contributed by atoms with E-state index in [-0.39, 0.29) is 28.9 Å². The summed E-state index contributed by atoms with van der Waals surface area (Å²) in [6.07, 6.45) is 0. The van der Waals surface area contributed by atoms with E-state index in [0.717, 1.165) is 11.1 Å². The summed E-state index contributed by atoms with van der Waals surface area (Å²) in [6, 6.07) is 12.5. The minimum Gasteiger partial charge on any atom is -0.351 e. The number of carbonyl (C=O) groups is 1. The van der Waals surface area contributed by atoms with Crippen LogP contribution in [-0.4, -0.2) is 52.2 Å². The molecule has 1 heterocycles. The lowest BCUT2D eigenvalue weighted by Gasteiger charge is -2.18. The standard InChI is InChI=1S/C22H26FN5O3S2/c1-4-28(5-2)33(30,31)19-12-6-16(7-13-19)14-24-20(29)15-32-22-26-25-21(27(22)3)17-8-10-18(23)11-9-17/h6-13H,4-5,14-15H2,1-3H3,(H,24,29). The van der Waals surface area contributed by atoms with Crippen molar-refractivity contribution in [2.45, 2.75) is 30.4 Å². The molecule has 0 aliphatic rings. The maximum Gasteiger partial charge on any atom is 0.243 e. The maximum atomic E-state index is 13.1. The first-order valence-electron chi connectivity index (χ1n) is 10.4. The lowest BCUT2D eigenvalue weighted by molar-refractivity contribution is -0.118. The number of hydrogen-bond acceptors (Lipinski definition) is 6. The van der Waals surface area contributed by atoms with Gasteiger partial charge in [0.2, 0.25) is 15.9 Å². The molecule has 0 aliphatic carbocycles. The molecule has 33 heavy (non-hydrogen) atoms. The van der Waals surface area contributed by atoms with Gasteiger partial charge in [-0.2, -0.15) is 4.31 Å². The minimum absolute atomic E-state index is 0.143. The average molecular weight is 492 g/mol. The van der Waals surface area contributed by atoms with E-state index >= 15 is 0 Å². The average Bonchev–Trinajstić information content (AvgIpc) is 3.18. The maximum absolute atomic E-state index is 13.1. The molecule has 11 heteroatoms. The Morgan fingerprint density at radius 1 is 1.06 bits per heavy atom. The number of halogens is 1. The largest absolute Gasteiger partial charge is 0.351 e. The highest BCUT2D eigenvalue weighted by Crippen LogP contribution is 2.23. The Morgan fingerprint density at radius 2 is 1.70 bits per heavy atom. The van der Waals surface area contributed by atoms with Crippen molar-refractivity contribution in [2.24, 2.45) is 7.05 Å². The van der Waals surface area contributed by atoms with Crippen LogP contribution in [0.2, 0.25) is 0 Å². The van der Waals surface area contributed by atoms with E-state index in [1.165, 1.54) is 28.2 Å². The molecule has 1 N–H and O–H groups in total. The first-order chi connectivity index (χ1) is 15.8. The molecule has 0 aliphatic heterocycles. The molecule has 176 valence electrons. The topological polar surface area (TPSA) is 97.2 Å². The number of rotatable bonds is 10. The van der Waals surface area contributed by atoms with Crippen LogP contribution >= 0.6 is 11.8 Å². The molecule has 2 aromatic carbocycles. The second kappa shape index (κ2) is 10.9. The summed E-state index contributed by atoms with van der Waals surface area (Å²) in [7, 11) is -1.72. The minimum atomic E-state index is -3.50. The Balaban J connectivity index is 1.54. The predicted octanol–water partition coefficient (Wildman–Crippen LogP) is 3.06. The van der Waals surface area contributed by atoms with Crippen LogP contribution in [0.15, 0.2) is 58.6 Å². The third kappa shape index (κ3) is 5.98. The number of amides is 1. The molecule has 0 bridgehead atoms. The SMILES string of the molecule is CCN(CC)S(=O)(=O)c1ccc(CNC(=O)CSc2nnc(-c3ccc(F)cc3)n2C)cc1. The van der Waals surface area contributed by atoms with Crippen molar-refractivity contribution in [1.29, 1.82) is 0 Å². The van der Waals surface area contributed by atoms with Gasteiger partial charge in [0.15, 0.2) is 11.0 Å². The fourth-order valence-corrected chi connectivity index (χ4v) is 5.36. The number of sulfonamides is 1. The van der Waals surface area contributed by atoms with E-state index in [1.54, 1.807) is 61.9 Å². The first-order valence-corrected chi connectivity index (χ1v) is 12.8. The fraction of sp³-hybridized carbons (Fsp3) is 0.318. The number of aromatic nitrogens is 3. The molecule has 0 saturated heterocycles. The Labute approximate surface area is 197 Å². The van der Waals surface area contributed by atoms with Crippen LogP contribution in [0, 0.1) is 5.82 Å². The highest BCUT2D eigenvalue weighted by atomic mass is 32.2. The summed E-state index contributed by atoms with van der Waals surface area (Å²) in [5.41, 5.74) is 1.53. The normalized spacial score (nSPS) is 11.7. The van der Waals surface area contributed by atoms with Gasteiger partial charge in [0.1, 0.15) is 5.82 Å². The molecule has 0 atom stereocenters. The summed E-state index contributed by atoms with van der Waals surface area (Å²) >= 11 is 1.24. The highest BCUT2D eigenvalue weighted by molar-refractivity contribution is 7.99. The summed E-state index contributed by atoms with van der Waals surface area (Å²) in [5, 5.41) is 11.6. The van der Waals surface area contributed by atoms with E-state index < -0.39 is 10.0 Å². The first kappa shape index (κ1) is 24.9. The van der Waals surface area contributed by atoms with E-state index in [9.17, 15) is 17.6 Å². The van der Waals surface area contributed by atoms with Crippen molar-refractivity contribution in [1.82, 2.24) is 24.4 Å². The van der Waals surface area contributed by atoms with Crippen molar-refractivity contribution in [3.8, 4) is 11.4 Å². The van der Waals surface area contributed by atoms with E-state index in [2.05, 4.69) is 15.5 Å². The number of nitrogens with one attached hydrogen (secondary N) is 1. The molecular weight excluding hydrogens is 465 g/mol. The van der Waals surface area contributed by atoms with Gasteiger partial charge in [-0.15, -0.1) is 10.2 Å². The van der Waals surface area contributed by atoms with Crippen LogP contribution in [0.4, 0.5) is 4.39 Å². The smallest absolute Gasteiger partial charge is 0.243 e. The molecule has 1 amide bonds. The summed E-state index contributed by atoms with van der Waals surface area (Å²) < 4.78 is 41.4. The molecule has 0 spiro atoms. The lowest BCUT2D eigenvalue weighted by Crippen LogP contribution is -2.30. The zero-order chi connectivity index (χ0) is 24.0. The van der Waals surface area contributed by atoms with Crippen LogP contribution in [0.3, 0.4) is 0 Å². The van der Waals surface area contributed by atoms with Crippen molar-refractivity contribution < 1.29 is 17.6 Å². The molecule has 3 rings (SSSR count). The van der Waals surface area contributed by atoms with Gasteiger partial charge in [0.05, 0.1) is 10.6 Å². The third-order valence-corrected chi connectivity index (χ3v) is 8.11. The Kier molecular flexibility index (Phi) is 8.22. The third-order valence-electron chi connectivity index (χ3n) is 5.03. The Morgan fingerprint density at radius 3 is 2.30 bits per heavy atom. The van der Waals surface area contributed by atoms with Gasteiger partial charge in [-0.1, -0.05) is 37.7 Å². The van der Waals surface area contributed by atoms with Crippen molar-refractivity contribution in [3.63, 3.8) is 0 Å². The molecule has 0 fully saturated rings. The van der Waals surface area contributed by atoms with Crippen molar-refractivity contribution >= 4 is 27.7 Å². The quantitative estimate of drug-likeness (QED) is 0.438. The van der Waals surface area contributed by atoms with E-state index in [0.29, 0.717) is 24.1 Å². The van der Waals surface area contributed by atoms with Gasteiger partial charge in [-0.3, -0.25) is 4.79 Å². The van der Waals surface area contributed by atoms with Gasteiger partial charge in [-0.05, 0) is 42.0 Å². The molecule has 0 unspecified atom stereocenters. The van der Waals surface area contributed by atoms with E-state index in [1.807, 2.05) is 0 Å². The van der Waals surface area contributed by atoms with Crippen LogP contribution in [0.25, 0.3) is 11.4 Å². The fourth-order valence-electron chi connectivity index (χ4n) is 3.16. The van der Waals surface area contributed by atoms with Gasteiger partial charge in [0.25, 0.3) is 0 Å². The predicted molar refractivity (Wildman–Crippen MR) is 126 cm³/mol.